The van der Waals surface area contributed by atoms with Crippen molar-refractivity contribution in [1.29, 1.82) is 0 Å². The van der Waals surface area contributed by atoms with Gasteiger partial charge >= 0.3 is 0 Å². The van der Waals surface area contributed by atoms with Gasteiger partial charge in [0.05, 0.1) is 18.6 Å². The van der Waals surface area contributed by atoms with Crippen LogP contribution in [0.15, 0.2) is 0 Å². The van der Waals surface area contributed by atoms with E-state index in [1.807, 2.05) is 0 Å². The molecule has 0 aromatic heterocycles. The van der Waals surface area contributed by atoms with Crippen molar-refractivity contribution in [2.45, 2.75) is 37.8 Å². The number of fused-ring (bicyclic) bond motifs is 1. The highest BCUT2D eigenvalue weighted by molar-refractivity contribution is 5.79. The number of amides is 1. The first-order valence-corrected chi connectivity index (χ1v) is 4.27. The number of hydrogen-bond donors (Lipinski definition) is 1. The molecule has 1 amide bonds. The van der Waals surface area contributed by atoms with E-state index in [4.69, 9.17) is 4.74 Å². The average molecular weight is 155 g/mol. The van der Waals surface area contributed by atoms with Crippen LogP contribution in [0.3, 0.4) is 0 Å². The second-order valence-electron chi connectivity index (χ2n) is 3.28. The van der Waals surface area contributed by atoms with E-state index in [0.717, 1.165) is 19.4 Å². The Morgan fingerprint density at radius 3 is 3.27 bits per heavy atom. The topological polar surface area (TPSA) is 38.3 Å². The van der Waals surface area contributed by atoms with E-state index < -0.39 is 0 Å². The third-order valence-electron chi connectivity index (χ3n) is 2.42. The summed E-state index contributed by atoms with van der Waals surface area (Å²) >= 11 is 0. The lowest BCUT2D eigenvalue weighted by molar-refractivity contribution is -0.119. The Labute approximate surface area is 66.1 Å². The van der Waals surface area contributed by atoms with Gasteiger partial charge in [-0.25, -0.2) is 0 Å². The van der Waals surface area contributed by atoms with Gasteiger partial charge in [-0.3, -0.25) is 4.79 Å². The molecule has 1 N–H and O–H groups in total. The summed E-state index contributed by atoms with van der Waals surface area (Å²) in [5.74, 6) is 0.155. The highest BCUT2D eigenvalue weighted by Crippen LogP contribution is 2.21. The normalized spacial score (nSPS) is 37.6. The third-order valence-corrected chi connectivity index (χ3v) is 2.42. The molecule has 11 heavy (non-hydrogen) atoms. The van der Waals surface area contributed by atoms with Gasteiger partial charge in [-0.1, -0.05) is 0 Å². The molecule has 3 nitrogen and oxygen atoms in total. The molecule has 0 saturated carbocycles. The zero-order valence-electron chi connectivity index (χ0n) is 6.51. The average Bonchev–Trinajstić information content (AvgIpc) is 2.17. The third kappa shape index (κ3) is 1.38. The largest absolute Gasteiger partial charge is 0.376 e. The predicted octanol–water partition coefficient (Wildman–Crippen LogP) is 0.444. The fourth-order valence-electron chi connectivity index (χ4n) is 1.82. The highest BCUT2D eigenvalue weighted by Gasteiger charge is 2.33. The maximum absolute atomic E-state index is 10.9. The molecular weight excluding hydrogens is 142 g/mol. The smallest absolute Gasteiger partial charge is 0.222 e. The molecule has 0 aromatic carbocycles. The first-order chi connectivity index (χ1) is 5.36. The quantitative estimate of drug-likeness (QED) is 0.551. The molecule has 0 bridgehead atoms. The lowest BCUT2D eigenvalue weighted by atomic mass is 10.1. The second-order valence-corrected chi connectivity index (χ2v) is 3.28. The molecule has 2 aliphatic heterocycles. The predicted molar refractivity (Wildman–Crippen MR) is 40.1 cm³/mol. The van der Waals surface area contributed by atoms with Crippen LogP contribution in [0, 0.1) is 0 Å². The molecule has 0 aromatic rings. The Bertz CT molecular complexity index is 153. The molecule has 2 heterocycles. The zero-order valence-corrected chi connectivity index (χ0v) is 6.51. The zero-order chi connectivity index (χ0) is 7.68. The summed E-state index contributed by atoms with van der Waals surface area (Å²) in [5.41, 5.74) is 0. The molecular formula is C8H13NO2. The van der Waals surface area contributed by atoms with E-state index in [2.05, 4.69) is 5.32 Å². The van der Waals surface area contributed by atoms with Crippen molar-refractivity contribution in [3.63, 3.8) is 0 Å². The van der Waals surface area contributed by atoms with Crippen molar-refractivity contribution in [2.75, 3.05) is 6.61 Å². The molecule has 0 spiro atoms. The minimum absolute atomic E-state index is 0.155. The van der Waals surface area contributed by atoms with Crippen LogP contribution in [0.2, 0.25) is 0 Å². The Morgan fingerprint density at radius 1 is 1.45 bits per heavy atom. The number of nitrogens with one attached hydrogen (secondary N) is 1. The molecule has 2 saturated heterocycles. The number of rotatable bonds is 0. The number of carbonyl (C=O) groups excluding carboxylic acids is 1. The first-order valence-electron chi connectivity index (χ1n) is 4.27. The van der Waals surface area contributed by atoms with Crippen molar-refractivity contribution < 1.29 is 9.53 Å². The summed E-state index contributed by atoms with van der Waals surface area (Å²) in [6, 6.07) is 0.310. The molecule has 2 unspecified atom stereocenters. The standard InChI is InChI=1S/C8H13NO2/c10-8-5-7-6(9-8)3-1-2-4-11-7/h6-7H,1-5H2,(H,9,10). The van der Waals surface area contributed by atoms with E-state index in [1.54, 1.807) is 0 Å². The summed E-state index contributed by atoms with van der Waals surface area (Å²) < 4.78 is 5.51. The van der Waals surface area contributed by atoms with Crippen molar-refractivity contribution in [2.24, 2.45) is 0 Å². The van der Waals surface area contributed by atoms with Gasteiger partial charge in [0.15, 0.2) is 0 Å². The molecule has 2 aliphatic rings. The van der Waals surface area contributed by atoms with Gasteiger partial charge in [-0.15, -0.1) is 0 Å². The summed E-state index contributed by atoms with van der Waals surface area (Å²) in [6.45, 7) is 0.829. The van der Waals surface area contributed by atoms with Crippen molar-refractivity contribution in [3.05, 3.63) is 0 Å². The first kappa shape index (κ1) is 7.10. The second kappa shape index (κ2) is 2.81. The molecule has 3 heteroatoms. The van der Waals surface area contributed by atoms with Gasteiger partial charge < -0.3 is 10.1 Å². The maximum Gasteiger partial charge on any atom is 0.222 e. The minimum atomic E-state index is 0.155. The summed E-state index contributed by atoms with van der Waals surface area (Å²) in [7, 11) is 0. The van der Waals surface area contributed by atoms with E-state index in [1.165, 1.54) is 6.42 Å². The van der Waals surface area contributed by atoms with Crippen LogP contribution in [0.5, 0.6) is 0 Å². The summed E-state index contributed by atoms with van der Waals surface area (Å²) in [4.78, 5) is 10.9. The summed E-state index contributed by atoms with van der Waals surface area (Å²) in [5, 5.41) is 2.93. The van der Waals surface area contributed by atoms with E-state index in [9.17, 15) is 4.79 Å². The lowest BCUT2D eigenvalue weighted by Crippen LogP contribution is -2.31. The molecule has 0 radical (unpaired) electrons. The molecule has 2 rings (SSSR count). The molecule has 2 fully saturated rings. The van der Waals surface area contributed by atoms with Crippen molar-refractivity contribution in [3.8, 4) is 0 Å². The van der Waals surface area contributed by atoms with E-state index in [0.29, 0.717) is 12.5 Å². The fraction of sp³-hybridized carbons (Fsp3) is 0.875. The van der Waals surface area contributed by atoms with Gasteiger partial charge in [-0.2, -0.15) is 0 Å². The van der Waals surface area contributed by atoms with Gasteiger partial charge in [-0.05, 0) is 19.3 Å². The van der Waals surface area contributed by atoms with Crippen LogP contribution in [0.4, 0.5) is 0 Å². The van der Waals surface area contributed by atoms with Gasteiger partial charge in [0.1, 0.15) is 0 Å². The lowest BCUT2D eigenvalue weighted by Gasteiger charge is -2.13. The molecule has 0 aliphatic carbocycles. The van der Waals surface area contributed by atoms with Crippen LogP contribution in [-0.4, -0.2) is 24.7 Å². The monoisotopic (exact) mass is 155 g/mol. The van der Waals surface area contributed by atoms with Crippen LogP contribution >= 0.6 is 0 Å². The Morgan fingerprint density at radius 2 is 2.36 bits per heavy atom. The Hall–Kier alpha value is -0.570. The fourth-order valence-corrected chi connectivity index (χ4v) is 1.82. The number of ether oxygens (including phenoxy) is 1. The van der Waals surface area contributed by atoms with Crippen LogP contribution < -0.4 is 5.32 Å². The Balaban J connectivity index is 2.01. The molecule has 2 atom stereocenters. The van der Waals surface area contributed by atoms with Crippen LogP contribution in [0.1, 0.15) is 25.7 Å². The van der Waals surface area contributed by atoms with Crippen LogP contribution in [0.25, 0.3) is 0 Å². The number of carbonyl (C=O) groups is 1. The maximum atomic E-state index is 10.9. The Kier molecular flexibility index (Phi) is 1.82. The van der Waals surface area contributed by atoms with Crippen molar-refractivity contribution in [1.82, 2.24) is 5.32 Å². The van der Waals surface area contributed by atoms with Crippen LogP contribution in [-0.2, 0) is 9.53 Å². The van der Waals surface area contributed by atoms with Gasteiger partial charge in [0.25, 0.3) is 0 Å². The summed E-state index contributed by atoms with van der Waals surface area (Å²) in [6.07, 6.45) is 4.16. The highest BCUT2D eigenvalue weighted by atomic mass is 16.5. The van der Waals surface area contributed by atoms with Gasteiger partial charge in [0, 0.05) is 6.61 Å². The number of hydrogen-bond acceptors (Lipinski definition) is 2. The SMILES string of the molecule is O=C1CC2OCCCCC2N1. The molecule has 62 valence electrons. The van der Waals surface area contributed by atoms with Gasteiger partial charge in [0.2, 0.25) is 5.91 Å². The van der Waals surface area contributed by atoms with E-state index in [-0.39, 0.29) is 12.0 Å². The minimum Gasteiger partial charge on any atom is -0.376 e. The van der Waals surface area contributed by atoms with Crippen molar-refractivity contribution >= 4 is 5.91 Å². The van der Waals surface area contributed by atoms with E-state index >= 15 is 0 Å².